The van der Waals surface area contributed by atoms with Gasteiger partial charge in [0, 0.05) is 12.1 Å². The van der Waals surface area contributed by atoms with Gasteiger partial charge in [0.1, 0.15) is 0 Å². The molecule has 1 amide bonds. The van der Waals surface area contributed by atoms with Crippen LogP contribution in [0.15, 0.2) is 12.3 Å². The van der Waals surface area contributed by atoms with E-state index < -0.39 is 0 Å². The minimum atomic E-state index is -0.288. The van der Waals surface area contributed by atoms with Crippen molar-refractivity contribution in [2.24, 2.45) is 10.8 Å². The Labute approximate surface area is 74.0 Å². The van der Waals surface area contributed by atoms with Crippen LogP contribution in [0.25, 0.3) is 0 Å². The van der Waals surface area contributed by atoms with Crippen LogP contribution in [0.2, 0.25) is 0 Å². The van der Waals surface area contributed by atoms with Crippen LogP contribution in [0.4, 0.5) is 0 Å². The van der Waals surface area contributed by atoms with Crippen molar-refractivity contribution in [3.63, 3.8) is 0 Å². The zero-order valence-corrected chi connectivity index (χ0v) is 8.32. The third-order valence-corrected chi connectivity index (χ3v) is 3.01. The molecule has 0 radical (unpaired) electrons. The summed E-state index contributed by atoms with van der Waals surface area (Å²) in [5.41, 5.74) is 0.554. The molecule has 1 N–H and O–H groups in total. The summed E-state index contributed by atoms with van der Waals surface area (Å²) in [5, 5.41) is 2.78. The van der Waals surface area contributed by atoms with Gasteiger partial charge in [-0.2, -0.15) is 0 Å². The van der Waals surface area contributed by atoms with Gasteiger partial charge in [0.15, 0.2) is 0 Å². The highest BCUT2D eigenvalue weighted by Gasteiger charge is 2.48. The molecule has 1 atom stereocenters. The van der Waals surface area contributed by atoms with Gasteiger partial charge in [-0.1, -0.05) is 27.4 Å². The maximum atomic E-state index is 11.6. The van der Waals surface area contributed by atoms with Gasteiger partial charge < -0.3 is 5.32 Å². The van der Waals surface area contributed by atoms with E-state index in [1.807, 2.05) is 6.92 Å². The third-order valence-electron chi connectivity index (χ3n) is 3.01. The van der Waals surface area contributed by atoms with Gasteiger partial charge in [0.2, 0.25) is 5.91 Å². The topological polar surface area (TPSA) is 29.1 Å². The molecule has 0 aromatic rings. The molecule has 68 valence electrons. The fourth-order valence-electron chi connectivity index (χ4n) is 1.46. The molecule has 1 saturated heterocycles. The van der Waals surface area contributed by atoms with Gasteiger partial charge in [-0.25, -0.2) is 0 Å². The lowest BCUT2D eigenvalue weighted by Crippen LogP contribution is -2.39. The molecular formula is C10H17NO. The Hall–Kier alpha value is -0.790. The molecule has 0 aromatic heterocycles. The number of carbonyl (C=O) groups is 1. The van der Waals surface area contributed by atoms with Crippen LogP contribution in [0, 0.1) is 10.8 Å². The van der Waals surface area contributed by atoms with E-state index in [-0.39, 0.29) is 16.7 Å². The Bertz CT molecular complexity index is 237. The number of hydrogen-bond donors (Lipinski definition) is 1. The SMILES string of the molecule is C=C1CC(C)(C(C)(C)C)C(=O)N1. The lowest BCUT2D eigenvalue weighted by molar-refractivity contribution is -0.131. The molecule has 1 aliphatic heterocycles. The van der Waals surface area contributed by atoms with E-state index in [2.05, 4.69) is 32.7 Å². The van der Waals surface area contributed by atoms with E-state index in [4.69, 9.17) is 0 Å². The van der Waals surface area contributed by atoms with Crippen LogP contribution in [0.5, 0.6) is 0 Å². The molecular weight excluding hydrogens is 150 g/mol. The largest absolute Gasteiger partial charge is 0.330 e. The lowest BCUT2D eigenvalue weighted by Gasteiger charge is -2.35. The molecule has 1 rings (SSSR count). The lowest BCUT2D eigenvalue weighted by atomic mass is 9.67. The normalized spacial score (nSPS) is 30.7. The van der Waals surface area contributed by atoms with E-state index in [1.54, 1.807) is 0 Å². The second kappa shape index (κ2) is 2.35. The maximum Gasteiger partial charge on any atom is 0.230 e. The monoisotopic (exact) mass is 167 g/mol. The first-order chi connectivity index (χ1) is 5.27. The fraction of sp³-hybridized carbons (Fsp3) is 0.700. The fourth-order valence-corrected chi connectivity index (χ4v) is 1.46. The predicted octanol–water partition coefficient (Wildman–Crippen LogP) is 2.07. The highest BCUT2D eigenvalue weighted by Crippen LogP contribution is 2.46. The molecule has 1 fully saturated rings. The number of allylic oxidation sites excluding steroid dienone is 1. The van der Waals surface area contributed by atoms with Gasteiger partial charge in [-0.05, 0) is 12.3 Å². The third kappa shape index (κ3) is 1.15. The molecule has 2 nitrogen and oxygen atoms in total. The second-order valence-corrected chi connectivity index (χ2v) is 4.82. The average molecular weight is 167 g/mol. The number of amides is 1. The molecule has 0 saturated carbocycles. The van der Waals surface area contributed by atoms with Crippen molar-refractivity contribution in [3.05, 3.63) is 12.3 Å². The number of rotatable bonds is 0. The second-order valence-electron chi connectivity index (χ2n) is 4.82. The van der Waals surface area contributed by atoms with Crippen LogP contribution in [-0.2, 0) is 4.79 Å². The van der Waals surface area contributed by atoms with Crippen molar-refractivity contribution in [2.45, 2.75) is 34.1 Å². The smallest absolute Gasteiger partial charge is 0.230 e. The average Bonchev–Trinajstić information content (AvgIpc) is 2.06. The molecule has 1 heterocycles. The highest BCUT2D eigenvalue weighted by molar-refractivity contribution is 5.87. The summed E-state index contributed by atoms with van der Waals surface area (Å²) < 4.78 is 0. The first kappa shape index (κ1) is 9.30. The van der Waals surface area contributed by atoms with E-state index in [0.717, 1.165) is 12.1 Å². The van der Waals surface area contributed by atoms with Gasteiger partial charge in [0.05, 0.1) is 5.41 Å². The summed E-state index contributed by atoms with van der Waals surface area (Å²) in [7, 11) is 0. The van der Waals surface area contributed by atoms with Gasteiger partial charge in [0.25, 0.3) is 0 Å². The van der Waals surface area contributed by atoms with Crippen molar-refractivity contribution >= 4 is 5.91 Å². The first-order valence-electron chi connectivity index (χ1n) is 4.26. The van der Waals surface area contributed by atoms with Crippen LogP contribution in [0.3, 0.4) is 0 Å². The number of carbonyl (C=O) groups excluding carboxylic acids is 1. The molecule has 12 heavy (non-hydrogen) atoms. The van der Waals surface area contributed by atoms with Gasteiger partial charge >= 0.3 is 0 Å². The molecule has 0 aromatic carbocycles. The molecule has 1 unspecified atom stereocenters. The summed E-state index contributed by atoms with van der Waals surface area (Å²) in [5.74, 6) is 0.111. The standard InChI is InChI=1S/C10H17NO/c1-7-6-10(5,8(12)11-7)9(2,3)4/h1,6H2,2-5H3,(H,11,12). The minimum absolute atomic E-state index is 0.00345. The molecule has 0 aliphatic carbocycles. The van der Waals surface area contributed by atoms with Gasteiger partial charge in [-0.15, -0.1) is 0 Å². The van der Waals surface area contributed by atoms with Crippen molar-refractivity contribution < 1.29 is 4.79 Å². The highest BCUT2D eigenvalue weighted by atomic mass is 16.2. The summed E-state index contributed by atoms with van der Waals surface area (Å²) >= 11 is 0. The summed E-state index contributed by atoms with van der Waals surface area (Å²) in [4.78, 5) is 11.6. The molecule has 0 bridgehead atoms. The zero-order chi connectivity index (χ0) is 9.57. The van der Waals surface area contributed by atoms with Crippen molar-refractivity contribution in [1.82, 2.24) is 5.32 Å². The Morgan fingerprint density at radius 1 is 1.50 bits per heavy atom. The predicted molar refractivity (Wildman–Crippen MR) is 49.5 cm³/mol. The quantitative estimate of drug-likeness (QED) is 0.588. The van der Waals surface area contributed by atoms with E-state index in [0.29, 0.717) is 0 Å². The Kier molecular flexibility index (Phi) is 1.82. The van der Waals surface area contributed by atoms with Crippen LogP contribution in [0.1, 0.15) is 34.1 Å². The summed E-state index contributed by atoms with van der Waals surface area (Å²) in [6.07, 6.45) is 0.759. The van der Waals surface area contributed by atoms with E-state index in [9.17, 15) is 4.79 Å². The van der Waals surface area contributed by atoms with Gasteiger partial charge in [-0.3, -0.25) is 4.79 Å². The molecule has 0 spiro atoms. The van der Waals surface area contributed by atoms with Crippen LogP contribution >= 0.6 is 0 Å². The summed E-state index contributed by atoms with van der Waals surface area (Å²) in [6, 6.07) is 0. The minimum Gasteiger partial charge on any atom is -0.330 e. The van der Waals surface area contributed by atoms with Crippen molar-refractivity contribution in [3.8, 4) is 0 Å². The van der Waals surface area contributed by atoms with E-state index in [1.165, 1.54) is 0 Å². The number of hydrogen-bond acceptors (Lipinski definition) is 1. The van der Waals surface area contributed by atoms with E-state index >= 15 is 0 Å². The van der Waals surface area contributed by atoms with Crippen LogP contribution in [-0.4, -0.2) is 5.91 Å². The maximum absolute atomic E-state index is 11.6. The number of nitrogens with one attached hydrogen (secondary N) is 1. The van der Waals surface area contributed by atoms with Crippen molar-refractivity contribution in [1.29, 1.82) is 0 Å². The summed E-state index contributed by atoms with van der Waals surface area (Å²) in [6.45, 7) is 12.0. The Balaban J connectivity index is 3.00. The Morgan fingerprint density at radius 2 is 2.00 bits per heavy atom. The van der Waals surface area contributed by atoms with Crippen LogP contribution < -0.4 is 5.32 Å². The zero-order valence-electron chi connectivity index (χ0n) is 8.32. The first-order valence-corrected chi connectivity index (χ1v) is 4.26. The molecule has 2 heteroatoms. The van der Waals surface area contributed by atoms with Crippen molar-refractivity contribution in [2.75, 3.05) is 0 Å². The molecule has 1 aliphatic rings. The Morgan fingerprint density at radius 3 is 2.17 bits per heavy atom.